The van der Waals surface area contributed by atoms with Gasteiger partial charge in [0, 0.05) is 12.7 Å². The molecule has 0 unspecified atom stereocenters. The van der Waals surface area contributed by atoms with Crippen LogP contribution in [0.1, 0.15) is 18.2 Å². The van der Waals surface area contributed by atoms with Gasteiger partial charge in [-0.25, -0.2) is 4.98 Å². The summed E-state index contributed by atoms with van der Waals surface area (Å²) in [5.74, 6) is 0.736. The van der Waals surface area contributed by atoms with Crippen molar-refractivity contribution in [2.45, 2.75) is 13.3 Å². The van der Waals surface area contributed by atoms with Gasteiger partial charge in [0.1, 0.15) is 11.5 Å². The van der Waals surface area contributed by atoms with Crippen LogP contribution in [0.25, 0.3) is 0 Å². The van der Waals surface area contributed by atoms with E-state index in [4.69, 9.17) is 10.9 Å². The number of aromatic nitrogens is 1. The van der Waals surface area contributed by atoms with Gasteiger partial charge in [0.25, 0.3) is 0 Å². The van der Waals surface area contributed by atoms with Gasteiger partial charge in [-0.15, -0.1) is 0 Å². The maximum absolute atomic E-state index is 8.70. The number of nitrogens with zero attached hydrogens (tertiary/aromatic N) is 3. The average molecular weight is 270 g/mol. The summed E-state index contributed by atoms with van der Waals surface area (Å²) in [7, 11) is 1.93. The molecule has 0 amide bonds. The molecular weight excluding hydrogens is 252 g/mol. The number of oxime groups is 1. The number of pyridine rings is 1. The van der Waals surface area contributed by atoms with Gasteiger partial charge in [0.2, 0.25) is 0 Å². The molecule has 0 aliphatic heterocycles. The lowest BCUT2D eigenvalue weighted by Crippen LogP contribution is -2.18. The first-order valence-electron chi connectivity index (χ1n) is 6.43. The molecule has 2 aromatic rings. The molecule has 20 heavy (non-hydrogen) atoms. The minimum atomic E-state index is 0.00146. The second kappa shape index (κ2) is 6.06. The summed E-state index contributed by atoms with van der Waals surface area (Å²) in [4.78, 5) is 6.32. The molecule has 3 N–H and O–H groups in total. The second-order valence-electron chi connectivity index (χ2n) is 4.45. The molecule has 1 aromatic carbocycles. The van der Waals surface area contributed by atoms with Crippen LogP contribution >= 0.6 is 0 Å². The molecule has 104 valence electrons. The number of rotatable bonds is 4. The lowest BCUT2D eigenvalue weighted by molar-refractivity contribution is 0.318. The zero-order valence-corrected chi connectivity index (χ0v) is 11.6. The Labute approximate surface area is 118 Å². The molecule has 0 aliphatic carbocycles. The lowest BCUT2D eigenvalue weighted by Gasteiger charge is -2.19. The van der Waals surface area contributed by atoms with Gasteiger partial charge in [0.15, 0.2) is 5.84 Å². The summed E-state index contributed by atoms with van der Waals surface area (Å²) in [5.41, 5.74) is 8.33. The smallest absolute Gasteiger partial charge is 0.188 e. The lowest BCUT2D eigenvalue weighted by atomic mass is 10.1. The third-order valence-electron chi connectivity index (χ3n) is 3.18. The Morgan fingerprint density at radius 3 is 2.55 bits per heavy atom. The number of amidine groups is 1. The summed E-state index contributed by atoms with van der Waals surface area (Å²) in [6.07, 6.45) is 1.02. The molecule has 0 saturated carbocycles. The van der Waals surface area contributed by atoms with Gasteiger partial charge < -0.3 is 15.8 Å². The zero-order valence-electron chi connectivity index (χ0n) is 11.6. The van der Waals surface area contributed by atoms with Crippen LogP contribution in [0.2, 0.25) is 0 Å². The number of hydrogen-bond donors (Lipinski definition) is 2. The van der Waals surface area contributed by atoms with Crippen LogP contribution in [0.4, 0.5) is 11.5 Å². The van der Waals surface area contributed by atoms with Crippen molar-refractivity contribution in [3.05, 3.63) is 53.7 Å². The minimum Gasteiger partial charge on any atom is -0.409 e. The summed E-state index contributed by atoms with van der Waals surface area (Å²) in [5, 5.41) is 11.7. The van der Waals surface area contributed by atoms with Crippen LogP contribution in [0, 0.1) is 0 Å². The van der Waals surface area contributed by atoms with Gasteiger partial charge in [-0.05, 0) is 36.2 Å². The van der Waals surface area contributed by atoms with Crippen molar-refractivity contribution in [1.29, 1.82) is 0 Å². The topological polar surface area (TPSA) is 74.7 Å². The Morgan fingerprint density at radius 2 is 1.95 bits per heavy atom. The third-order valence-corrected chi connectivity index (χ3v) is 3.18. The van der Waals surface area contributed by atoms with Crippen molar-refractivity contribution in [1.82, 2.24) is 4.98 Å². The number of benzene rings is 1. The molecule has 0 aliphatic rings. The molecule has 0 radical (unpaired) electrons. The first-order valence-corrected chi connectivity index (χ1v) is 6.43. The molecule has 2 rings (SSSR count). The van der Waals surface area contributed by atoms with Crippen molar-refractivity contribution in [3.8, 4) is 0 Å². The summed E-state index contributed by atoms with van der Waals surface area (Å²) >= 11 is 0. The predicted molar refractivity (Wildman–Crippen MR) is 80.6 cm³/mol. The quantitative estimate of drug-likeness (QED) is 0.387. The highest BCUT2D eigenvalue weighted by Crippen LogP contribution is 2.22. The molecule has 0 saturated heterocycles. The molecule has 0 bridgehead atoms. The Morgan fingerprint density at radius 1 is 1.25 bits per heavy atom. The summed E-state index contributed by atoms with van der Waals surface area (Å²) in [6.45, 7) is 2.13. The number of anilines is 2. The second-order valence-corrected chi connectivity index (χ2v) is 4.45. The predicted octanol–water partition coefficient (Wildman–Crippen LogP) is 2.51. The van der Waals surface area contributed by atoms with Gasteiger partial charge in [-0.1, -0.05) is 30.3 Å². The highest BCUT2D eigenvalue weighted by atomic mass is 16.4. The molecule has 1 aromatic heterocycles. The highest BCUT2D eigenvalue weighted by Gasteiger charge is 2.08. The van der Waals surface area contributed by atoms with E-state index in [2.05, 4.69) is 41.3 Å². The fourth-order valence-electron chi connectivity index (χ4n) is 1.89. The SMILES string of the molecule is CCc1ccc(N(C)c2cccc(C(N)=NO)n2)cc1. The Kier molecular flexibility index (Phi) is 4.20. The Hall–Kier alpha value is -2.56. The number of aryl methyl sites for hydroxylation is 1. The van der Waals surface area contributed by atoms with Gasteiger partial charge >= 0.3 is 0 Å². The Bertz CT molecular complexity index is 608. The average Bonchev–Trinajstić information content (AvgIpc) is 2.53. The number of nitrogens with two attached hydrogens (primary N) is 1. The van der Waals surface area contributed by atoms with Crippen LogP contribution < -0.4 is 10.6 Å². The minimum absolute atomic E-state index is 0.00146. The van der Waals surface area contributed by atoms with Crippen LogP contribution in [0.15, 0.2) is 47.6 Å². The van der Waals surface area contributed by atoms with Gasteiger partial charge in [0.05, 0.1) is 0 Å². The van der Waals surface area contributed by atoms with Crippen LogP contribution in [-0.4, -0.2) is 23.1 Å². The Balaban J connectivity index is 2.30. The van der Waals surface area contributed by atoms with Gasteiger partial charge in [-0.2, -0.15) is 0 Å². The van der Waals surface area contributed by atoms with Crippen LogP contribution in [-0.2, 0) is 6.42 Å². The maximum atomic E-state index is 8.70. The molecule has 1 heterocycles. The zero-order chi connectivity index (χ0) is 14.5. The highest BCUT2D eigenvalue weighted by molar-refractivity contribution is 5.95. The fraction of sp³-hybridized carbons (Fsp3) is 0.200. The van der Waals surface area contributed by atoms with Crippen molar-refractivity contribution in [3.63, 3.8) is 0 Å². The first kappa shape index (κ1) is 13.9. The van der Waals surface area contributed by atoms with E-state index in [0.717, 1.165) is 17.9 Å². The van der Waals surface area contributed by atoms with Crippen molar-refractivity contribution < 1.29 is 5.21 Å². The molecular formula is C15H18N4O. The molecule has 0 fully saturated rings. The molecule has 0 spiro atoms. The first-order chi connectivity index (χ1) is 9.65. The summed E-state index contributed by atoms with van der Waals surface area (Å²) in [6, 6.07) is 13.7. The molecule has 0 atom stereocenters. The normalized spacial score (nSPS) is 11.4. The standard InChI is InChI=1S/C15H18N4O/c1-3-11-7-9-12(10-8-11)19(2)14-6-4-5-13(17-14)15(16)18-20/h4-10,20H,3H2,1-2H3,(H2,16,18). The van der Waals surface area contributed by atoms with Crippen molar-refractivity contribution in [2.75, 3.05) is 11.9 Å². The monoisotopic (exact) mass is 270 g/mol. The van der Waals surface area contributed by atoms with Crippen molar-refractivity contribution in [2.24, 2.45) is 10.9 Å². The van der Waals surface area contributed by atoms with E-state index < -0.39 is 0 Å². The molecule has 5 nitrogen and oxygen atoms in total. The largest absolute Gasteiger partial charge is 0.409 e. The van der Waals surface area contributed by atoms with E-state index in [1.165, 1.54) is 5.56 Å². The summed E-state index contributed by atoms with van der Waals surface area (Å²) < 4.78 is 0. The van der Waals surface area contributed by atoms with E-state index in [0.29, 0.717) is 5.69 Å². The maximum Gasteiger partial charge on any atom is 0.188 e. The van der Waals surface area contributed by atoms with E-state index in [9.17, 15) is 0 Å². The molecule has 5 heteroatoms. The van der Waals surface area contributed by atoms with Crippen LogP contribution in [0.5, 0.6) is 0 Å². The third kappa shape index (κ3) is 2.88. The van der Waals surface area contributed by atoms with Gasteiger partial charge in [-0.3, -0.25) is 0 Å². The van der Waals surface area contributed by atoms with Crippen LogP contribution in [0.3, 0.4) is 0 Å². The van der Waals surface area contributed by atoms with Crippen molar-refractivity contribution >= 4 is 17.3 Å². The van der Waals surface area contributed by atoms with E-state index in [-0.39, 0.29) is 5.84 Å². The van der Waals surface area contributed by atoms with E-state index >= 15 is 0 Å². The van der Waals surface area contributed by atoms with E-state index in [1.54, 1.807) is 6.07 Å². The fourth-order valence-corrected chi connectivity index (χ4v) is 1.89. The van der Waals surface area contributed by atoms with E-state index in [1.807, 2.05) is 24.1 Å². The number of hydrogen-bond acceptors (Lipinski definition) is 4.